The number of nitrogens with zero attached hydrogens (tertiary/aromatic N) is 2. The van der Waals surface area contributed by atoms with Gasteiger partial charge >= 0.3 is 6.36 Å². The maximum atomic E-state index is 12.2. The number of halogens is 3. The molecule has 0 unspecified atom stereocenters. The lowest BCUT2D eigenvalue weighted by Gasteiger charge is -2.31. The Bertz CT molecular complexity index is 769. The van der Waals surface area contributed by atoms with Crippen molar-refractivity contribution in [1.29, 1.82) is 0 Å². The number of hydrogen-bond acceptors (Lipinski definition) is 5. The largest absolute Gasteiger partial charge is 0.573 e. The molecule has 9 heteroatoms. The van der Waals surface area contributed by atoms with Gasteiger partial charge in [-0.2, -0.15) is 0 Å². The molecule has 2 aromatic rings. The van der Waals surface area contributed by atoms with Gasteiger partial charge in [-0.25, -0.2) is 4.98 Å². The molecule has 1 fully saturated rings. The van der Waals surface area contributed by atoms with Crippen LogP contribution in [0.25, 0.3) is 0 Å². The van der Waals surface area contributed by atoms with Crippen molar-refractivity contribution in [3.63, 3.8) is 0 Å². The fraction of sp³-hybridized carbons (Fsp3) is 0.444. The van der Waals surface area contributed by atoms with Crippen LogP contribution in [0.4, 0.5) is 18.3 Å². The molecule has 1 aromatic carbocycles. The molecule has 0 radical (unpaired) electrons. The van der Waals surface area contributed by atoms with Crippen LogP contribution < -0.4 is 10.1 Å². The quantitative estimate of drug-likeness (QED) is 0.811. The summed E-state index contributed by atoms with van der Waals surface area (Å²) in [6, 6.07) is 6.17. The van der Waals surface area contributed by atoms with Crippen molar-refractivity contribution in [2.24, 2.45) is 0 Å². The molecule has 1 aliphatic heterocycles. The molecule has 0 spiro atoms. The highest BCUT2D eigenvalue weighted by atomic mass is 32.1. The summed E-state index contributed by atoms with van der Waals surface area (Å²) in [6.45, 7) is 4.04. The molecule has 0 saturated carbocycles. The van der Waals surface area contributed by atoms with Crippen LogP contribution in [0, 0.1) is 0 Å². The van der Waals surface area contributed by atoms with Crippen LogP contribution >= 0.6 is 11.3 Å². The van der Waals surface area contributed by atoms with Gasteiger partial charge in [0.05, 0.1) is 0 Å². The maximum absolute atomic E-state index is 12.2. The van der Waals surface area contributed by atoms with Gasteiger partial charge in [0, 0.05) is 24.5 Å². The molecule has 146 valence electrons. The van der Waals surface area contributed by atoms with E-state index < -0.39 is 6.36 Å². The number of anilines is 1. The Hall–Kier alpha value is -2.13. The van der Waals surface area contributed by atoms with E-state index in [1.165, 1.54) is 30.4 Å². The Morgan fingerprint density at radius 3 is 2.56 bits per heavy atom. The van der Waals surface area contributed by atoms with Gasteiger partial charge < -0.3 is 10.1 Å². The van der Waals surface area contributed by atoms with E-state index >= 15 is 0 Å². The second-order valence-electron chi connectivity index (χ2n) is 6.48. The van der Waals surface area contributed by atoms with E-state index in [4.69, 9.17) is 0 Å². The molecule has 0 aliphatic carbocycles. The molecule has 0 atom stereocenters. The number of benzene rings is 1. The minimum Gasteiger partial charge on any atom is -0.406 e. The number of rotatable bonds is 5. The van der Waals surface area contributed by atoms with Gasteiger partial charge in [0.1, 0.15) is 5.75 Å². The predicted octanol–water partition coefficient (Wildman–Crippen LogP) is 4.38. The summed E-state index contributed by atoms with van der Waals surface area (Å²) >= 11 is 1.47. The summed E-state index contributed by atoms with van der Waals surface area (Å²) in [6.07, 6.45) is -1.00. The lowest BCUT2D eigenvalue weighted by atomic mass is 9.89. The molecular weight excluding hydrogens is 379 g/mol. The minimum atomic E-state index is -4.66. The van der Waals surface area contributed by atoms with E-state index in [2.05, 4.69) is 19.9 Å². The van der Waals surface area contributed by atoms with Crippen LogP contribution in [0.15, 0.2) is 30.5 Å². The van der Waals surface area contributed by atoms with Gasteiger partial charge in [-0.1, -0.05) is 12.1 Å². The fourth-order valence-corrected chi connectivity index (χ4v) is 4.08. The van der Waals surface area contributed by atoms with Gasteiger partial charge in [0.2, 0.25) is 5.91 Å². The third-order valence-electron chi connectivity index (χ3n) is 4.39. The van der Waals surface area contributed by atoms with Gasteiger partial charge in [0.25, 0.3) is 0 Å². The molecule has 1 N–H and O–H groups in total. The number of thiazole rings is 1. The zero-order valence-corrected chi connectivity index (χ0v) is 15.6. The molecule has 27 heavy (non-hydrogen) atoms. The Morgan fingerprint density at radius 2 is 1.96 bits per heavy atom. The van der Waals surface area contributed by atoms with E-state index in [0.717, 1.165) is 42.9 Å². The highest BCUT2D eigenvalue weighted by Gasteiger charge is 2.31. The van der Waals surface area contributed by atoms with Crippen LogP contribution in [0.1, 0.15) is 36.1 Å². The van der Waals surface area contributed by atoms with E-state index in [1.54, 1.807) is 18.3 Å². The molecule has 3 rings (SSSR count). The summed E-state index contributed by atoms with van der Waals surface area (Å²) in [5.74, 6) is 0.00445. The summed E-state index contributed by atoms with van der Waals surface area (Å²) in [5.41, 5.74) is 1.04. The molecule has 0 bridgehead atoms. The predicted molar refractivity (Wildman–Crippen MR) is 96.8 cm³/mol. The number of carbonyl (C=O) groups excluding carboxylic acids is 1. The normalized spacial score (nSPS) is 16.3. The fourth-order valence-electron chi connectivity index (χ4n) is 3.18. The van der Waals surface area contributed by atoms with E-state index in [1.807, 2.05) is 0 Å². The van der Waals surface area contributed by atoms with Crippen molar-refractivity contribution >= 4 is 22.4 Å². The average molecular weight is 399 g/mol. The van der Waals surface area contributed by atoms with Crippen molar-refractivity contribution < 1.29 is 22.7 Å². The zero-order valence-electron chi connectivity index (χ0n) is 14.8. The second kappa shape index (κ2) is 8.26. The van der Waals surface area contributed by atoms with Crippen LogP contribution in [0.5, 0.6) is 5.75 Å². The average Bonchev–Trinajstić information content (AvgIpc) is 3.01. The lowest BCUT2D eigenvalue weighted by molar-refractivity contribution is -0.274. The smallest absolute Gasteiger partial charge is 0.406 e. The summed E-state index contributed by atoms with van der Waals surface area (Å²) in [5, 5.41) is 3.28. The molecule has 2 heterocycles. The summed E-state index contributed by atoms with van der Waals surface area (Å²) < 4.78 is 40.6. The third kappa shape index (κ3) is 5.93. The van der Waals surface area contributed by atoms with Gasteiger partial charge in [0.15, 0.2) is 5.13 Å². The lowest BCUT2D eigenvalue weighted by Crippen LogP contribution is -2.32. The highest BCUT2D eigenvalue weighted by molar-refractivity contribution is 7.15. The van der Waals surface area contributed by atoms with Crippen LogP contribution in [0.3, 0.4) is 0 Å². The number of likely N-dealkylation sites (tertiary alicyclic amines) is 1. The van der Waals surface area contributed by atoms with E-state index in [-0.39, 0.29) is 11.7 Å². The zero-order chi connectivity index (χ0) is 19.4. The number of ether oxygens (including phenoxy) is 1. The Balaban J connectivity index is 1.50. The SMILES string of the molecule is CC(=O)Nc1ncc(CN2CCC(c3ccc(OC(F)(F)F)cc3)CC2)s1. The number of amides is 1. The first-order chi connectivity index (χ1) is 12.8. The van der Waals surface area contributed by atoms with Crippen molar-refractivity contribution in [2.45, 2.75) is 38.6 Å². The Labute approximate surface area is 159 Å². The second-order valence-corrected chi connectivity index (χ2v) is 7.60. The van der Waals surface area contributed by atoms with Crippen molar-refractivity contribution in [3.8, 4) is 5.75 Å². The van der Waals surface area contributed by atoms with Gasteiger partial charge in [-0.05, 0) is 49.5 Å². The number of hydrogen-bond donors (Lipinski definition) is 1. The molecule has 1 amide bonds. The summed E-state index contributed by atoms with van der Waals surface area (Å²) in [4.78, 5) is 18.7. The third-order valence-corrected chi connectivity index (χ3v) is 5.29. The van der Waals surface area contributed by atoms with E-state index in [9.17, 15) is 18.0 Å². The number of aromatic nitrogens is 1. The monoisotopic (exact) mass is 399 g/mol. The first kappa shape index (κ1) is 19.6. The topological polar surface area (TPSA) is 54.5 Å². The van der Waals surface area contributed by atoms with Gasteiger partial charge in [-0.3, -0.25) is 9.69 Å². The van der Waals surface area contributed by atoms with Crippen molar-refractivity contribution in [3.05, 3.63) is 40.9 Å². The molecule has 1 aliphatic rings. The number of piperidine rings is 1. The van der Waals surface area contributed by atoms with Crippen molar-refractivity contribution in [2.75, 3.05) is 18.4 Å². The Kier molecular flexibility index (Phi) is 6.01. The van der Waals surface area contributed by atoms with Crippen LogP contribution in [0.2, 0.25) is 0 Å². The number of alkyl halides is 3. The minimum absolute atomic E-state index is 0.136. The number of nitrogens with one attached hydrogen (secondary N) is 1. The summed E-state index contributed by atoms with van der Waals surface area (Å²) in [7, 11) is 0. The number of carbonyl (C=O) groups is 1. The molecular formula is C18H20F3N3O2S. The van der Waals surface area contributed by atoms with E-state index in [0.29, 0.717) is 11.0 Å². The van der Waals surface area contributed by atoms with Crippen molar-refractivity contribution in [1.82, 2.24) is 9.88 Å². The molecule has 5 nitrogen and oxygen atoms in total. The molecule has 1 aromatic heterocycles. The highest BCUT2D eigenvalue weighted by Crippen LogP contribution is 2.31. The standard InChI is InChI=1S/C18H20F3N3O2S/c1-12(25)23-17-22-10-16(27-17)11-24-8-6-14(7-9-24)13-2-4-15(5-3-13)26-18(19,20)21/h2-5,10,14H,6-9,11H2,1H3,(H,22,23,25). The first-order valence-corrected chi connectivity index (χ1v) is 9.40. The van der Waals surface area contributed by atoms with Crippen LogP contribution in [-0.4, -0.2) is 35.2 Å². The van der Waals surface area contributed by atoms with Gasteiger partial charge in [-0.15, -0.1) is 24.5 Å². The first-order valence-electron chi connectivity index (χ1n) is 8.59. The molecule has 1 saturated heterocycles. The maximum Gasteiger partial charge on any atom is 0.573 e. The van der Waals surface area contributed by atoms with Crippen LogP contribution in [-0.2, 0) is 11.3 Å². The Morgan fingerprint density at radius 1 is 1.30 bits per heavy atom.